The molecule has 354 valence electrons. The first-order chi connectivity index (χ1) is 29.6. The van der Waals surface area contributed by atoms with Gasteiger partial charge in [-0.3, -0.25) is 9.59 Å². The third-order valence-electron chi connectivity index (χ3n) is 12.2. The van der Waals surface area contributed by atoms with E-state index in [1.165, 1.54) is 225 Å². The molecule has 0 amide bonds. The molecule has 1 N–H and O–H groups in total. The fourth-order valence-corrected chi connectivity index (χ4v) is 8.12. The lowest BCUT2D eigenvalue weighted by Gasteiger charge is -2.15. The SMILES string of the molecule is CCCC/C=C\CCCCCCCC(=O)OCC(CO)OC(=O)CCCCCCCCCCCCCCCCCCCCCCCCC/C=C\CCCCCCCCCC. The lowest BCUT2D eigenvalue weighted by molar-refractivity contribution is -0.161. The summed E-state index contributed by atoms with van der Waals surface area (Å²) in [4.78, 5) is 24.3. The maximum atomic E-state index is 12.2. The molecule has 0 aliphatic carbocycles. The Morgan fingerprint density at radius 3 is 0.950 bits per heavy atom. The van der Waals surface area contributed by atoms with Crippen molar-refractivity contribution in [3.05, 3.63) is 24.3 Å². The van der Waals surface area contributed by atoms with Crippen LogP contribution in [-0.4, -0.2) is 36.4 Å². The molecule has 0 rings (SSSR count). The average molecular weight is 845 g/mol. The van der Waals surface area contributed by atoms with Gasteiger partial charge in [0, 0.05) is 12.8 Å². The fourth-order valence-electron chi connectivity index (χ4n) is 8.12. The molecule has 0 aliphatic rings. The Bertz CT molecular complexity index is 913. The minimum Gasteiger partial charge on any atom is -0.462 e. The highest BCUT2D eigenvalue weighted by Crippen LogP contribution is 2.17. The maximum absolute atomic E-state index is 12.2. The molecule has 60 heavy (non-hydrogen) atoms. The van der Waals surface area contributed by atoms with Crippen LogP contribution < -0.4 is 0 Å². The van der Waals surface area contributed by atoms with E-state index in [1.807, 2.05) is 0 Å². The minimum atomic E-state index is -0.770. The second-order valence-corrected chi connectivity index (χ2v) is 18.3. The van der Waals surface area contributed by atoms with E-state index in [4.69, 9.17) is 9.47 Å². The predicted molar refractivity (Wildman–Crippen MR) is 261 cm³/mol. The summed E-state index contributed by atoms with van der Waals surface area (Å²) in [5.74, 6) is -0.589. The van der Waals surface area contributed by atoms with Gasteiger partial charge >= 0.3 is 11.9 Å². The van der Waals surface area contributed by atoms with Crippen LogP contribution in [0.15, 0.2) is 24.3 Å². The standard InChI is InChI=1S/C55H104O5/c1-3-5-7-9-11-13-15-16-17-18-19-20-21-22-23-24-25-26-27-28-29-30-31-32-33-34-35-36-37-38-40-42-44-46-48-50-55(58)60-53(51-56)52-59-54(57)49-47-45-43-41-39-14-12-10-8-6-4-2/h10,12,18-19,53,56H,3-9,11,13-17,20-52H2,1-2H3/b12-10-,19-18-. The van der Waals surface area contributed by atoms with Crippen molar-refractivity contribution in [3.63, 3.8) is 0 Å². The van der Waals surface area contributed by atoms with Gasteiger partial charge in [0.15, 0.2) is 6.10 Å². The fraction of sp³-hybridized carbons (Fsp3) is 0.891. The highest BCUT2D eigenvalue weighted by atomic mass is 16.6. The zero-order valence-electron chi connectivity index (χ0n) is 40.5. The molecule has 5 heteroatoms. The van der Waals surface area contributed by atoms with Crippen LogP contribution >= 0.6 is 0 Å². The number of carbonyl (C=O) groups is 2. The zero-order valence-corrected chi connectivity index (χ0v) is 40.5. The van der Waals surface area contributed by atoms with Crippen LogP contribution in [0.1, 0.15) is 296 Å². The highest BCUT2D eigenvalue weighted by Gasteiger charge is 2.16. The molecular weight excluding hydrogens is 741 g/mol. The molecule has 0 fully saturated rings. The Kier molecular flexibility index (Phi) is 50.3. The van der Waals surface area contributed by atoms with E-state index in [1.54, 1.807) is 0 Å². The topological polar surface area (TPSA) is 72.8 Å². The number of hydrogen-bond acceptors (Lipinski definition) is 5. The number of carbonyl (C=O) groups excluding carboxylic acids is 2. The van der Waals surface area contributed by atoms with Crippen LogP contribution in [0.2, 0.25) is 0 Å². The van der Waals surface area contributed by atoms with Gasteiger partial charge in [-0.15, -0.1) is 0 Å². The van der Waals surface area contributed by atoms with Crippen molar-refractivity contribution >= 4 is 11.9 Å². The summed E-state index contributed by atoms with van der Waals surface area (Å²) in [6, 6.07) is 0. The molecular formula is C55H104O5. The lowest BCUT2D eigenvalue weighted by atomic mass is 10.0. The molecule has 0 aromatic heterocycles. The van der Waals surface area contributed by atoms with Crippen molar-refractivity contribution < 1.29 is 24.2 Å². The first kappa shape index (κ1) is 58.4. The summed E-state index contributed by atoms with van der Waals surface area (Å²) in [5, 5.41) is 9.59. The number of allylic oxidation sites excluding steroid dienone is 4. The Balaban J connectivity index is 3.36. The molecule has 0 aromatic carbocycles. The van der Waals surface area contributed by atoms with E-state index in [0.717, 1.165) is 44.9 Å². The highest BCUT2D eigenvalue weighted by molar-refractivity contribution is 5.70. The summed E-state index contributed by atoms with van der Waals surface area (Å²) in [6.45, 7) is 4.12. The van der Waals surface area contributed by atoms with Crippen molar-refractivity contribution in [2.45, 2.75) is 302 Å². The molecule has 0 spiro atoms. The number of hydrogen-bond donors (Lipinski definition) is 1. The van der Waals surface area contributed by atoms with Crippen molar-refractivity contribution in [2.24, 2.45) is 0 Å². The van der Waals surface area contributed by atoms with Gasteiger partial charge in [0.05, 0.1) is 6.61 Å². The molecule has 0 radical (unpaired) electrons. The molecule has 0 saturated carbocycles. The van der Waals surface area contributed by atoms with Crippen LogP contribution in [0, 0.1) is 0 Å². The average Bonchev–Trinajstić information content (AvgIpc) is 3.25. The molecule has 0 saturated heterocycles. The smallest absolute Gasteiger partial charge is 0.306 e. The quantitative estimate of drug-likeness (QED) is 0.0375. The minimum absolute atomic E-state index is 0.0654. The van der Waals surface area contributed by atoms with Crippen LogP contribution in [-0.2, 0) is 19.1 Å². The van der Waals surface area contributed by atoms with E-state index in [2.05, 4.69) is 38.2 Å². The number of unbranched alkanes of at least 4 members (excludes halogenated alkanes) is 38. The number of aliphatic hydroxyl groups excluding tert-OH is 1. The Hall–Kier alpha value is -1.62. The van der Waals surface area contributed by atoms with E-state index in [-0.39, 0.29) is 25.2 Å². The first-order valence-corrected chi connectivity index (χ1v) is 26.9. The van der Waals surface area contributed by atoms with Crippen molar-refractivity contribution in [3.8, 4) is 0 Å². The monoisotopic (exact) mass is 845 g/mol. The van der Waals surface area contributed by atoms with Gasteiger partial charge < -0.3 is 14.6 Å². The van der Waals surface area contributed by atoms with Gasteiger partial charge in [-0.05, 0) is 57.8 Å². The van der Waals surface area contributed by atoms with Gasteiger partial charge in [0.1, 0.15) is 6.61 Å². The number of rotatable bonds is 50. The Morgan fingerprint density at radius 2 is 0.633 bits per heavy atom. The van der Waals surface area contributed by atoms with Crippen LogP contribution in [0.3, 0.4) is 0 Å². The van der Waals surface area contributed by atoms with E-state index in [0.29, 0.717) is 12.8 Å². The predicted octanol–water partition coefficient (Wildman–Crippen LogP) is 17.8. The van der Waals surface area contributed by atoms with Crippen LogP contribution in [0.5, 0.6) is 0 Å². The Morgan fingerprint density at radius 1 is 0.367 bits per heavy atom. The summed E-state index contributed by atoms with van der Waals surface area (Å²) in [5.41, 5.74) is 0. The normalized spacial score (nSPS) is 12.2. The number of aliphatic hydroxyl groups is 1. The van der Waals surface area contributed by atoms with Gasteiger partial charge in [0.25, 0.3) is 0 Å². The molecule has 1 atom stereocenters. The van der Waals surface area contributed by atoms with Gasteiger partial charge in [-0.2, -0.15) is 0 Å². The third kappa shape index (κ3) is 49.0. The second kappa shape index (κ2) is 51.7. The van der Waals surface area contributed by atoms with E-state index < -0.39 is 6.10 Å². The summed E-state index contributed by atoms with van der Waals surface area (Å²) in [6.07, 6.45) is 64.6. The molecule has 5 nitrogen and oxygen atoms in total. The van der Waals surface area contributed by atoms with Crippen molar-refractivity contribution in [2.75, 3.05) is 13.2 Å². The van der Waals surface area contributed by atoms with Gasteiger partial charge in [-0.25, -0.2) is 0 Å². The lowest BCUT2D eigenvalue weighted by Crippen LogP contribution is -2.28. The third-order valence-corrected chi connectivity index (χ3v) is 12.2. The summed E-state index contributed by atoms with van der Waals surface area (Å²) in [7, 11) is 0. The molecule has 0 heterocycles. The number of ether oxygens (including phenoxy) is 2. The first-order valence-electron chi connectivity index (χ1n) is 26.9. The van der Waals surface area contributed by atoms with E-state index in [9.17, 15) is 14.7 Å². The molecule has 0 bridgehead atoms. The van der Waals surface area contributed by atoms with Crippen LogP contribution in [0.25, 0.3) is 0 Å². The van der Waals surface area contributed by atoms with Gasteiger partial charge in [0.2, 0.25) is 0 Å². The molecule has 0 aliphatic heterocycles. The molecule has 1 unspecified atom stereocenters. The van der Waals surface area contributed by atoms with Gasteiger partial charge in [-0.1, -0.05) is 250 Å². The zero-order chi connectivity index (χ0) is 43.5. The molecule has 0 aromatic rings. The van der Waals surface area contributed by atoms with Crippen LogP contribution in [0.4, 0.5) is 0 Å². The number of esters is 2. The maximum Gasteiger partial charge on any atom is 0.306 e. The Labute approximate surface area is 374 Å². The van der Waals surface area contributed by atoms with Crippen molar-refractivity contribution in [1.29, 1.82) is 0 Å². The van der Waals surface area contributed by atoms with E-state index >= 15 is 0 Å². The summed E-state index contributed by atoms with van der Waals surface area (Å²) >= 11 is 0. The summed E-state index contributed by atoms with van der Waals surface area (Å²) < 4.78 is 10.6. The van der Waals surface area contributed by atoms with Crippen molar-refractivity contribution in [1.82, 2.24) is 0 Å². The second-order valence-electron chi connectivity index (χ2n) is 18.3. The largest absolute Gasteiger partial charge is 0.462 e.